The van der Waals surface area contributed by atoms with Crippen molar-refractivity contribution >= 4 is 27.5 Å². The van der Waals surface area contributed by atoms with Crippen molar-refractivity contribution in [1.82, 2.24) is 0 Å². The van der Waals surface area contributed by atoms with E-state index in [2.05, 4.69) is 21.2 Å². The van der Waals surface area contributed by atoms with E-state index in [-0.39, 0.29) is 18.0 Å². The van der Waals surface area contributed by atoms with Gasteiger partial charge in [-0.1, -0.05) is 15.9 Å². The van der Waals surface area contributed by atoms with Gasteiger partial charge in [0, 0.05) is 17.0 Å². The molecule has 2 aromatic carbocycles. The molecule has 0 unspecified atom stereocenters. The normalized spacial score (nSPS) is 10.3. The zero-order valence-electron chi connectivity index (χ0n) is 11.6. The Bertz CT molecular complexity index is 647. The Morgan fingerprint density at radius 2 is 1.86 bits per heavy atom. The number of benzene rings is 2. The number of hydrogen-bond donors (Lipinski definition) is 1. The Morgan fingerprint density at radius 3 is 2.59 bits per heavy atom. The van der Waals surface area contributed by atoms with E-state index in [0.29, 0.717) is 18.8 Å². The topological polar surface area (TPSA) is 38.3 Å². The maximum Gasteiger partial charge on any atom is 0.224 e. The van der Waals surface area contributed by atoms with E-state index in [4.69, 9.17) is 4.74 Å². The largest absolute Gasteiger partial charge is 0.494 e. The van der Waals surface area contributed by atoms with Crippen LogP contribution in [0, 0.1) is 11.6 Å². The summed E-state index contributed by atoms with van der Waals surface area (Å²) in [5.74, 6) is -0.945. The summed E-state index contributed by atoms with van der Waals surface area (Å²) in [6.45, 7) is 0.362. The van der Waals surface area contributed by atoms with Crippen molar-refractivity contribution in [2.45, 2.75) is 12.8 Å². The summed E-state index contributed by atoms with van der Waals surface area (Å²) in [4.78, 5) is 11.7. The quantitative estimate of drug-likeness (QED) is 0.759. The number of ether oxygens (including phenoxy) is 1. The highest BCUT2D eigenvalue weighted by molar-refractivity contribution is 9.10. The highest BCUT2D eigenvalue weighted by Crippen LogP contribution is 2.17. The summed E-state index contributed by atoms with van der Waals surface area (Å²) in [7, 11) is 0. The number of halogens is 3. The molecule has 0 atom stereocenters. The Morgan fingerprint density at radius 1 is 1.14 bits per heavy atom. The molecule has 22 heavy (non-hydrogen) atoms. The third kappa shape index (κ3) is 5.11. The first-order valence-electron chi connectivity index (χ1n) is 6.68. The molecule has 1 amide bonds. The molecule has 3 nitrogen and oxygen atoms in total. The lowest BCUT2D eigenvalue weighted by Gasteiger charge is -2.08. The fraction of sp³-hybridized carbons (Fsp3) is 0.188. The highest BCUT2D eigenvalue weighted by Gasteiger charge is 2.08. The van der Waals surface area contributed by atoms with Gasteiger partial charge >= 0.3 is 0 Å². The van der Waals surface area contributed by atoms with Gasteiger partial charge in [-0.05, 0) is 42.8 Å². The molecule has 0 aliphatic rings. The predicted octanol–water partition coefficient (Wildman–Crippen LogP) is 4.53. The molecule has 0 radical (unpaired) electrons. The molecule has 116 valence electrons. The number of carbonyl (C=O) groups is 1. The second kappa shape index (κ2) is 7.89. The van der Waals surface area contributed by atoms with Crippen LogP contribution in [0.2, 0.25) is 0 Å². The number of carbonyl (C=O) groups excluding carboxylic acids is 1. The number of anilines is 1. The van der Waals surface area contributed by atoms with Crippen LogP contribution in [0.3, 0.4) is 0 Å². The van der Waals surface area contributed by atoms with Gasteiger partial charge in [0.1, 0.15) is 17.4 Å². The minimum absolute atomic E-state index is 0.154. The fourth-order valence-electron chi connectivity index (χ4n) is 1.76. The van der Waals surface area contributed by atoms with E-state index in [9.17, 15) is 13.6 Å². The molecule has 2 aromatic rings. The summed E-state index contributed by atoms with van der Waals surface area (Å²) in [6, 6.07) is 10.3. The SMILES string of the molecule is O=C(CCCOc1ccc(Br)cc1)Nc1cc(F)ccc1F. The summed E-state index contributed by atoms with van der Waals surface area (Å²) < 4.78 is 32.8. The Hall–Kier alpha value is -1.95. The van der Waals surface area contributed by atoms with Gasteiger partial charge < -0.3 is 10.1 Å². The van der Waals surface area contributed by atoms with E-state index in [0.717, 1.165) is 22.7 Å². The molecule has 0 aliphatic carbocycles. The van der Waals surface area contributed by atoms with Crippen LogP contribution in [0.25, 0.3) is 0 Å². The Balaban J connectivity index is 1.74. The first-order chi connectivity index (χ1) is 10.5. The van der Waals surface area contributed by atoms with Crippen LogP contribution >= 0.6 is 15.9 Å². The molecular formula is C16H14BrF2NO2. The standard InChI is InChI=1S/C16H14BrF2NO2/c17-11-3-6-13(7-4-11)22-9-1-2-16(21)20-15-10-12(18)5-8-14(15)19/h3-8,10H,1-2,9H2,(H,20,21). The minimum atomic E-state index is -0.666. The van der Waals surface area contributed by atoms with Gasteiger partial charge in [-0.15, -0.1) is 0 Å². The van der Waals surface area contributed by atoms with Crippen LogP contribution < -0.4 is 10.1 Å². The number of hydrogen-bond acceptors (Lipinski definition) is 2. The van der Waals surface area contributed by atoms with Gasteiger partial charge in [0.25, 0.3) is 0 Å². The van der Waals surface area contributed by atoms with Crippen LogP contribution in [-0.2, 0) is 4.79 Å². The maximum absolute atomic E-state index is 13.4. The van der Waals surface area contributed by atoms with E-state index in [1.807, 2.05) is 24.3 Å². The second-order valence-electron chi connectivity index (χ2n) is 4.58. The molecular weight excluding hydrogens is 356 g/mol. The molecule has 0 saturated carbocycles. The Labute approximate surface area is 135 Å². The lowest BCUT2D eigenvalue weighted by atomic mass is 10.2. The molecule has 0 bridgehead atoms. The fourth-order valence-corrected chi connectivity index (χ4v) is 2.02. The van der Waals surface area contributed by atoms with Crippen molar-refractivity contribution in [3.8, 4) is 5.75 Å². The molecule has 0 heterocycles. The maximum atomic E-state index is 13.4. The van der Waals surface area contributed by atoms with Crippen molar-refractivity contribution in [2.75, 3.05) is 11.9 Å². The van der Waals surface area contributed by atoms with Gasteiger partial charge in [-0.3, -0.25) is 4.79 Å². The van der Waals surface area contributed by atoms with Crippen molar-refractivity contribution in [3.63, 3.8) is 0 Å². The van der Waals surface area contributed by atoms with Gasteiger partial charge in [0.2, 0.25) is 5.91 Å². The molecule has 2 rings (SSSR count). The number of amides is 1. The molecule has 0 saturated heterocycles. The van der Waals surface area contributed by atoms with Crippen LogP contribution in [0.15, 0.2) is 46.9 Å². The minimum Gasteiger partial charge on any atom is -0.494 e. The molecule has 1 N–H and O–H groups in total. The second-order valence-corrected chi connectivity index (χ2v) is 5.49. The van der Waals surface area contributed by atoms with E-state index in [1.54, 1.807) is 0 Å². The first-order valence-corrected chi connectivity index (χ1v) is 7.47. The zero-order valence-corrected chi connectivity index (χ0v) is 13.2. The predicted molar refractivity (Wildman–Crippen MR) is 83.9 cm³/mol. The van der Waals surface area contributed by atoms with Crippen LogP contribution in [0.1, 0.15) is 12.8 Å². The van der Waals surface area contributed by atoms with Gasteiger partial charge in [-0.2, -0.15) is 0 Å². The van der Waals surface area contributed by atoms with Gasteiger partial charge in [0.05, 0.1) is 12.3 Å². The number of nitrogens with one attached hydrogen (secondary N) is 1. The van der Waals surface area contributed by atoms with Crippen LogP contribution in [0.4, 0.5) is 14.5 Å². The molecule has 0 fully saturated rings. The Kier molecular flexibility index (Phi) is 5.89. The molecule has 0 aromatic heterocycles. The third-order valence-corrected chi connectivity index (χ3v) is 3.36. The third-order valence-electron chi connectivity index (χ3n) is 2.83. The lowest BCUT2D eigenvalue weighted by molar-refractivity contribution is -0.116. The van der Waals surface area contributed by atoms with Crippen molar-refractivity contribution < 1.29 is 18.3 Å². The van der Waals surface area contributed by atoms with Crippen molar-refractivity contribution in [3.05, 3.63) is 58.6 Å². The summed E-state index contributed by atoms with van der Waals surface area (Å²) in [5.41, 5.74) is -0.154. The average Bonchev–Trinajstić information content (AvgIpc) is 2.49. The summed E-state index contributed by atoms with van der Waals surface area (Å²) in [6.07, 6.45) is 0.630. The van der Waals surface area contributed by atoms with E-state index >= 15 is 0 Å². The molecule has 0 aliphatic heterocycles. The van der Waals surface area contributed by atoms with Crippen molar-refractivity contribution in [1.29, 1.82) is 0 Å². The van der Waals surface area contributed by atoms with E-state index < -0.39 is 11.6 Å². The molecule has 0 spiro atoms. The lowest BCUT2D eigenvalue weighted by Crippen LogP contribution is -2.14. The average molecular weight is 370 g/mol. The van der Waals surface area contributed by atoms with Gasteiger partial charge in [0.15, 0.2) is 0 Å². The van der Waals surface area contributed by atoms with E-state index in [1.165, 1.54) is 0 Å². The summed E-state index contributed by atoms with van der Waals surface area (Å²) in [5, 5.41) is 2.34. The summed E-state index contributed by atoms with van der Waals surface area (Å²) >= 11 is 3.32. The monoisotopic (exact) mass is 369 g/mol. The van der Waals surface area contributed by atoms with Crippen LogP contribution in [0.5, 0.6) is 5.75 Å². The number of rotatable bonds is 6. The highest BCUT2D eigenvalue weighted by atomic mass is 79.9. The first kappa shape index (κ1) is 16.4. The van der Waals surface area contributed by atoms with Crippen LogP contribution in [-0.4, -0.2) is 12.5 Å². The smallest absolute Gasteiger partial charge is 0.224 e. The van der Waals surface area contributed by atoms with Crippen molar-refractivity contribution in [2.24, 2.45) is 0 Å². The zero-order chi connectivity index (χ0) is 15.9. The van der Waals surface area contributed by atoms with Gasteiger partial charge in [-0.25, -0.2) is 8.78 Å². The molecule has 6 heteroatoms.